The summed E-state index contributed by atoms with van der Waals surface area (Å²) >= 11 is 0. The average Bonchev–Trinajstić information content (AvgIpc) is 2.46. The summed E-state index contributed by atoms with van der Waals surface area (Å²) in [5, 5.41) is 11.6. The molecule has 0 saturated carbocycles. The van der Waals surface area contributed by atoms with Crippen LogP contribution in [0.3, 0.4) is 0 Å². The topological polar surface area (TPSA) is 35.8 Å². The van der Waals surface area contributed by atoms with Crippen LogP contribution in [0.2, 0.25) is 0 Å². The summed E-state index contributed by atoms with van der Waals surface area (Å²) in [6.07, 6.45) is 0. The van der Waals surface area contributed by atoms with Gasteiger partial charge in [0.05, 0.1) is 11.6 Å². The summed E-state index contributed by atoms with van der Waals surface area (Å²) in [7, 11) is 0. The van der Waals surface area contributed by atoms with Crippen LogP contribution in [0.1, 0.15) is 36.5 Å². The molecule has 0 aliphatic heterocycles. The summed E-state index contributed by atoms with van der Waals surface area (Å²) < 4.78 is 27.5. The number of benzene rings is 2. The Morgan fingerprint density at radius 2 is 1.67 bits per heavy atom. The van der Waals surface area contributed by atoms with E-state index in [-0.39, 0.29) is 17.7 Å². The average molecular weight is 286 g/mol. The Labute approximate surface area is 123 Å². The van der Waals surface area contributed by atoms with Crippen molar-refractivity contribution in [2.24, 2.45) is 0 Å². The van der Waals surface area contributed by atoms with Crippen LogP contribution in [0.25, 0.3) is 0 Å². The Morgan fingerprint density at radius 3 is 2.14 bits per heavy atom. The first kappa shape index (κ1) is 15.0. The lowest BCUT2D eigenvalue weighted by Crippen LogP contribution is -2.05. The molecule has 2 aromatic carbocycles. The van der Waals surface area contributed by atoms with E-state index in [0.717, 1.165) is 17.8 Å². The van der Waals surface area contributed by atoms with Gasteiger partial charge in [-0.05, 0) is 35.7 Å². The Morgan fingerprint density at radius 1 is 1.10 bits per heavy atom. The van der Waals surface area contributed by atoms with Crippen molar-refractivity contribution in [1.29, 1.82) is 5.26 Å². The zero-order valence-electron chi connectivity index (χ0n) is 12.0. The summed E-state index contributed by atoms with van der Waals surface area (Å²) in [6.45, 7) is 4.23. The molecule has 2 rings (SSSR count). The van der Waals surface area contributed by atoms with Gasteiger partial charge in [-0.2, -0.15) is 5.26 Å². The van der Waals surface area contributed by atoms with Gasteiger partial charge >= 0.3 is 0 Å². The second-order valence-corrected chi connectivity index (χ2v) is 5.16. The van der Waals surface area contributed by atoms with Crippen molar-refractivity contribution in [3.8, 4) is 6.07 Å². The monoisotopic (exact) mass is 286 g/mol. The molecular weight excluding hydrogens is 270 g/mol. The molecule has 0 aliphatic rings. The van der Waals surface area contributed by atoms with Crippen molar-refractivity contribution in [1.82, 2.24) is 0 Å². The minimum absolute atomic E-state index is 0.0185. The lowest BCUT2D eigenvalue weighted by atomic mass is 10.0. The molecule has 0 amide bonds. The highest BCUT2D eigenvalue weighted by atomic mass is 19.1. The zero-order valence-corrected chi connectivity index (χ0v) is 12.0. The normalized spacial score (nSPS) is 10.5. The molecule has 0 heterocycles. The van der Waals surface area contributed by atoms with Gasteiger partial charge < -0.3 is 5.32 Å². The maximum Gasteiger partial charge on any atom is 0.132 e. The number of anilines is 1. The lowest BCUT2D eigenvalue weighted by Gasteiger charge is -2.10. The van der Waals surface area contributed by atoms with Crippen LogP contribution in [0, 0.1) is 23.0 Å². The Hall–Kier alpha value is -2.41. The molecule has 0 atom stereocenters. The number of rotatable bonds is 4. The van der Waals surface area contributed by atoms with Crippen LogP contribution in [-0.4, -0.2) is 0 Å². The summed E-state index contributed by atoms with van der Waals surface area (Å²) in [5.41, 5.74) is 1.91. The van der Waals surface area contributed by atoms with Crippen molar-refractivity contribution < 1.29 is 8.78 Å². The highest BCUT2D eigenvalue weighted by molar-refractivity contribution is 5.46. The van der Waals surface area contributed by atoms with Crippen molar-refractivity contribution in [3.63, 3.8) is 0 Å². The van der Waals surface area contributed by atoms with Gasteiger partial charge in [0.15, 0.2) is 0 Å². The van der Waals surface area contributed by atoms with E-state index in [1.165, 1.54) is 5.56 Å². The molecule has 0 aliphatic carbocycles. The summed E-state index contributed by atoms with van der Waals surface area (Å²) in [6, 6.07) is 11.5. The van der Waals surface area contributed by atoms with Gasteiger partial charge in [0.2, 0.25) is 0 Å². The number of hydrogen-bond acceptors (Lipinski definition) is 2. The third-order valence-corrected chi connectivity index (χ3v) is 3.32. The van der Waals surface area contributed by atoms with Crippen LogP contribution in [0.5, 0.6) is 0 Å². The van der Waals surface area contributed by atoms with Gasteiger partial charge in [-0.15, -0.1) is 0 Å². The number of hydrogen-bond donors (Lipinski definition) is 1. The molecular formula is C17H16F2N2. The number of nitrogens with one attached hydrogen (secondary N) is 1. The Kier molecular flexibility index (Phi) is 4.54. The van der Waals surface area contributed by atoms with Gasteiger partial charge in [0.25, 0.3) is 0 Å². The fraction of sp³-hybridized carbons (Fsp3) is 0.235. The molecule has 2 aromatic rings. The van der Waals surface area contributed by atoms with Gasteiger partial charge in [0.1, 0.15) is 11.6 Å². The SMILES string of the molecule is CC(C)c1ccc(NCc2c(F)cc(C#N)cc2F)cc1. The second-order valence-electron chi connectivity index (χ2n) is 5.16. The lowest BCUT2D eigenvalue weighted by molar-refractivity contribution is 0.559. The fourth-order valence-corrected chi connectivity index (χ4v) is 2.01. The molecule has 0 spiro atoms. The van der Waals surface area contributed by atoms with Crippen LogP contribution >= 0.6 is 0 Å². The van der Waals surface area contributed by atoms with Crippen molar-refractivity contribution in [2.45, 2.75) is 26.3 Å². The van der Waals surface area contributed by atoms with E-state index in [0.29, 0.717) is 5.92 Å². The first-order valence-electron chi connectivity index (χ1n) is 6.73. The Bertz CT molecular complexity index is 647. The first-order chi connectivity index (χ1) is 10.0. The third-order valence-electron chi connectivity index (χ3n) is 3.32. The maximum atomic E-state index is 13.7. The predicted octanol–water partition coefficient (Wildman–Crippen LogP) is 4.57. The van der Waals surface area contributed by atoms with E-state index in [1.807, 2.05) is 24.3 Å². The molecule has 0 radical (unpaired) electrons. The molecule has 2 nitrogen and oxygen atoms in total. The van der Waals surface area contributed by atoms with E-state index in [2.05, 4.69) is 19.2 Å². The van der Waals surface area contributed by atoms with Crippen molar-refractivity contribution in [3.05, 3.63) is 64.7 Å². The van der Waals surface area contributed by atoms with Crippen molar-refractivity contribution in [2.75, 3.05) is 5.32 Å². The van der Waals surface area contributed by atoms with E-state index in [9.17, 15) is 8.78 Å². The third kappa shape index (κ3) is 3.57. The molecule has 108 valence electrons. The minimum atomic E-state index is -0.710. The van der Waals surface area contributed by atoms with Gasteiger partial charge in [-0.3, -0.25) is 0 Å². The Balaban J connectivity index is 2.11. The molecule has 0 unspecified atom stereocenters. The number of nitriles is 1. The zero-order chi connectivity index (χ0) is 15.4. The smallest absolute Gasteiger partial charge is 0.132 e. The summed E-state index contributed by atoms with van der Waals surface area (Å²) in [5.74, 6) is -0.983. The van der Waals surface area contributed by atoms with Gasteiger partial charge in [-0.1, -0.05) is 26.0 Å². The largest absolute Gasteiger partial charge is 0.381 e. The van der Waals surface area contributed by atoms with E-state index in [1.54, 1.807) is 6.07 Å². The fourth-order valence-electron chi connectivity index (χ4n) is 2.01. The predicted molar refractivity (Wildman–Crippen MR) is 78.9 cm³/mol. The van der Waals surface area contributed by atoms with E-state index >= 15 is 0 Å². The van der Waals surface area contributed by atoms with Crippen LogP contribution < -0.4 is 5.32 Å². The van der Waals surface area contributed by atoms with Gasteiger partial charge in [0, 0.05) is 17.8 Å². The van der Waals surface area contributed by atoms with E-state index < -0.39 is 11.6 Å². The standard InChI is InChI=1S/C17H16F2N2/c1-11(2)13-3-5-14(6-4-13)21-10-15-16(18)7-12(9-20)8-17(15)19/h3-8,11,21H,10H2,1-2H3. The maximum absolute atomic E-state index is 13.7. The number of nitrogens with zero attached hydrogens (tertiary/aromatic N) is 1. The molecule has 4 heteroatoms. The quantitative estimate of drug-likeness (QED) is 0.893. The molecule has 21 heavy (non-hydrogen) atoms. The summed E-state index contributed by atoms with van der Waals surface area (Å²) in [4.78, 5) is 0. The molecule has 1 N–H and O–H groups in total. The van der Waals surface area contributed by atoms with Crippen LogP contribution in [-0.2, 0) is 6.54 Å². The first-order valence-corrected chi connectivity index (χ1v) is 6.73. The number of halogens is 2. The second kappa shape index (κ2) is 6.36. The van der Waals surface area contributed by atoms with E-state index in [4.69, 9.17) is 5.26 Å². The molecule has 0 aromatic heterocycles. The molecule has 0 bridgehead atoms. The molecule has 0 fully saturated rings. The minimum Gasteiger partial charge on any atom is -0.381 e. The highest BCUT2D eigenvalue weighted by Gasteiger charge is 2.11. The van der Waals surface area contributed by atoms with Gasteiger partial charge in [-0.25, -0.2) is 8.78 Å². The van der Waals surface area contributed by atoms with Crippen LogP contribution in [0.4, 0.5) is 14.5 Å². The van der Waals surface area contributed by atoms with Crippen molar-refractivity contribution >= 4 is 5.69 Å². The van der Waals surface area contributed by atoms with Crippen LogP contribution in [0.15, 0.2) is 36.4 Å². The highest BCUT2D eigenvalue weighted by Crippen LogP contribution is 2.20. The molecule has 0 saturated heterocycles.